The quantitative estimate of drug-likeness (QED) is 0.824. The van der Waals surface area contributed by atoms with Gasteiger partial charge in [0.05, 0.1) is 17.3 Å². The zero-order chi connectivity index (χ0) is 14.5. The SMILES string of the molecule is CCOc1ccc(Cl)cc1NCc1ccc(F)c(Cl)c1. The van der Waals surface area contributed by atoms with Crippen LogP contribution in [0.25, 0.3) is 0 Å². The standard InChI is InChI=1S/C15H14Cl2FNO/c1-2-20-15-6-4-11(16)8-14(15)19-9-10-3-5-13(18)12(17)7-10/h3-8,19H,2,9H2,1H3. The minimum absolute atomic E-state index is 0.112. The largest absolute Gasteiger partial charge is 0.492 e. The van der Waals surface area contributed by atoms with Gasteiger partial charge >= 0.3 is 0 Å². The van der Waals surface area contributed by atoms with Crippen LogP contribution in [-0.4, -0.2) is 6.61 Å². The number of ether oxygens (including phenoxy) is 1. The molecule has 2 aromatic rings. The maximum Gasteiger partial charge on any atom is 0.142 e. The molecule has 0 unspecified atom stereocenters. The topological polar surface area (TPSA) is 21.3 Å². The van der Waals surface area contributed by atoms with Gasteiger partial charge in [-0.3, -0.25) is 0 Å². The Balaban J connectivity index is 2.13. The van der Waals surface area contributed by atoms with Crippen molar-refractivity contribution < 1.29 is 9.13 Å². The second-order valence-corrected chi connectivity index (χ2v) is 5.02. The summed E-state index contributed by atoms with van der Waals surface area (Å²) >= 11 is 11.7. The number of nitrogens with one attached hydrogen (secondary N) is 1. The number of halogens is 3. The van der Waals surface area contributed by atoms with Gasteiger partial charge in [0, 0.05) is 11.6 Å². The maximum atomic E-state index is 13.1. The molecule has 5 heteroatoms. The second kappa shape index (κ2) is 6.82. The first kappa shape index (κ1) is 14.9. The van der Waals surface area contributed by atoms with Gasteiger partial charge in [-0.2, -0.15) is 0 Å². The zero-order valence-corrected chi connectivity index (χ0v) is 12.4. The van der Waals surface area contributed by atoms with E-state index >= 15 is 0 Å². The molecule has 0 aliphatic heterocycles. The molecule has 0 aliphatic rings. The lowest BCUT2D eigenvalue weighted by Crippen LogP contribution is -2.03. The molecule has 0 fully saturated rings. The van der Waals surface area contributed by atoms with E-state index in [9.17, 15) is 4.39 Å². The Morgan fingerprint density at radius 1 is 1.15 bits per heavy atom. The molecule has 0 saturated carbocycles. The highest BCUT2D eigenvalue weighted by Gasteiger charge is 2.05. The van der Waals surface area contributed by atoms with Gasteiger partial charge in [-0.15, -0.1) is 0 Å². The second-order valence-electron chi connectivity index (χ2n) is 4.18. The van der Waals surface area contributed by atoms with Crippen molar-refractivity contribution in [3.63, 3.8) is 0 Å². The van der Waals surface area contributed by atoms with Crippen LogP contribution in [0.4, 0.5) is 10.1 Å². The summed E-state index contributed by atoms with van der Waals surface area (Å²) in [6.07, 6.45) is 0. The Hall–Kier alpha value is -1.45. The summed E-state index contributed by atoms with van der Waals surface area (Å²) in [7, 11) is 0. The van der Waals surface area contributed by atoms with E-state index in [-0.39, 0.29) is 5.02 Å². The number of benzene rings is 2. The van der Waals surface area contributed by atoms with Gasteiger partial charge in [-0.25, -0.2) is 4.39 Å². The Morgan fingerprint density at radius 2 is 1.95 bits per heavy atom. The van der Waals surface area contributed by atoms with Crippen molar-refractivity contribution in [2.75, 3.05) is 11.9 Å². The van der Waals surface area contributed by atoms with Gasteiger partial charge in [0.1, 0.15) is 11.6 Å². The van der Waals surface area contributed by atoms with E-state index in [4.69, 9.17) is 27.9 Å². The summed E-state index contributed by atoms with van der Waals surface area (Å²) in [6.45, 7) is 2.98. The van der Waals surface area contributed by atoms with Crippen molar-refractivity contribution in [3.05, 3.63) is 57.8 Å². The summed E-state index contributed by atoms with van der Waals surface area (Å²) in [6, 6.07) is 9.99. The first-order valence-corrected chi connectivity index (χ1v) is 6.96. The fourth-order valence-electron chi connectivity index (χ4n) is 1.77. The molecule has 0 aromatic heterocycles. The lowest BCUT2D eigenvalue weighted by molar-refractivity contribution is 0.341. The average Bonchev–Trinajstić information content (AvgIpc) is 2.43. The molecule has 0 bridgehead atoms. The van der Waals surface area contributed by atoms with Crippen molar-refractivity contribution in [3.8, 4) is 5.75 Å². The lowest BCUT2D eigenvalue weighted by Gasteiger charge is -2.13. The molecule has 1 N–H and O–H groups in total. The molecule has 0 saturated heterocycles. The monoisotopic (exact) mass is 313 g/mol. The highest BCUT2D eigenvalue weighted by molar-refractivity contribution is 6.31. The molecular weight excluding hydrogens is 300 g/mol. The van der Waals surface area contributed by atoms with E-state index in [1.165, 1.54) is 6.07 Å². The highest BCUT2D eigenvalue weighted by atomic mass is 35.5. The fraction of sp³-hybridized carbons (Fsp3) is 0.200. The van der Waals surface area contributed by atoms with Crippen LogP contribution in [-0.2, 0) is 6.54 Å². The smallest absolute Gasteiger partial charge is 0.142 e. The van der Waals surface area contributed by atoms with Crippen molar-refractivity contribution in [2.45, 2.75) is 13.5 Å². The number of hydrogen-bond acceptors (Lipinski definition) is 2. The lowest BCUT2D eigenvalue weighted by atomic mass is 10.2. The molecule has 0 spiro atoms. The molecule has 0 atom stereocenters. The Morgan fingerprint density at radius 3 is 2.65 bits per heavy atom. The van der Waals surface area contributed by atoms with Crippen LogP contribution in [0.5, 0.6) is 5.75 Å². The molecule has 106 valence electrons. The third-order valence-electron chi connectivity index (χ3n) is 2.71. The van der Waals surface area contributed by atoms with E-state index in [1.54, 1.807) is 24.3 Å². The summed E-state index contributed by atoms with van der Waals surface area (Å²) in [4.78, 5) is 0. The summed E-state index contributed by atoms with van der Waals surface area (Å²) in [5, 5.41) is 3.94. The predicted molar refractivity (Wildman–Crippen MR) is 81.4 cm³/mol. The van der Waals surface area contributed by atoms with Crippen LogP contribution in [0.3, 0.4) is 0 Å². The summed E-state index contributed by atoms with van der Waals surface area (Å²) in [5.41, 5.74) is 1.67. The van der Waals surface area contributed by atoms with Crippen LogP contribution < -0.4 is 10.1 Å². The normalized spacial score (nSPS) is 10.4. The summed E-state index contributed by atoms with van der Waals surface area (Å²) < 4.78 is 18.6. The van der Waals surface area contributed by atoms with E-state index < -0.39 is 5.82 Å². The third-order valence-corrected chi connectivity index (χ3v) is 3.23. The van der Waals surface area contributed by atoms with E-state index in [0.29, 0.717) is 18.2 Å². The van der Waals surface area contributed by atoms with Gasteiger partial charge in [-0.1, -0.05) is 29.3 Å². The first-order chi connectivity index (χ1) is 9.60. The van der Waals surface area contributed by atoms with Gasteiger partial charge in [0.15, 0.2) is 0 Å². The van der Waals surface area contributed by atoms with E-state index in [2.05, 4.69) is 5.32 Å². The molecule has 0 aliphatic carbocycles. The molecule has 0 heterocycles. The summed E-state index contributed by atoms with van der Waals surface area (Å²) in [5.74, 6) is 0.304. The molecule has 0 radical (unpaired) electrons. The molecule has 20 heavy (non-hydrogen) atoms. The number of hydrogen-bond donors (Lipinski definition) is 1. The van der Waals surface area contributed by atoms with Crippen LogP contribution in [0.1, 0.15) is 12.5 Å². The van der Waals surface area contributed by atoms with Crippen molar-refractivity contribution in [2.24, 2.45) is 0 Å². The minimum Gasteiger partial charge on any atom is -0.492 e. The average molecular weight is 314 g/mol. The van der Waals surface area contributed by atoms with Crippen molar-refractivity contribution >= 4 is 28.9 Å². The fourth-order valence-corrected chi connectivity index (χ4v) is 2.14. The Kier molecular flexibility index (Phi) is 5.10. The van der Waals surface area contributed by atoms with Crippen LogP contribution >= 0.6 is 23.2 Å². The molecule has 2 nitrogen and oxygen atoms in total. The van der Waals surface area contributed by atoms with Crippen LogP contribution in [0, 0.1) is 5.82 Å². The molecule has 2 aromatic carbocycles. The van der Waals surface area contributed by atoms with E-state index in [0.717, 1.165) is 17.0 Å². The number of rotatable bonds is 5. The van der Waals surface area contributed by atoms with Crippen LogP contribution in [0.2, 0.25) is 10.0 Å². The molecule has 2 rings (SSSR count). The zero-order valence-electron chi connectivity index (χ0n) is 10.9. The third kappa shape index (κ3) is 3.78. The van der Waals surface area contributed by atoms with Gasteiger partial charge < -0.3 is 10.1 Å². The number of anilines is 1. The first-order valence-electron chi connectivity index (χ1n) is 6.20. The van der Waals surface area contributed by atoms with Crippen LogP contribution in [0.15, 0.2) is 36.4 Å². The predicted octanol–water partition coefficient (Wildman–Crippen LogP) is 5.14. The Bertz CT molecular complexity index is 604. The maximum absolute atomic E-state index is 13.1. The van der Waals surface area contributed by atoms with E-state index in [1.807, 2.05) is 13.0 Å². The van der Waals surface area contributed by atoms with Gasteiger partial charge in [0.2, 0.25) is 0 Å². The van der Waals surface area contributed by atoms with Gasteiger partial charge in [0.25, 0.3) is 0 Å². The van der Waals surface area contributed by atoms with Crippen molar-refractivity contribution in [1.29, 1.82) is 0 Å². The highest BCUT2D eigenvalue weighted by Crippen LogP contribution is 2.28. The Labute approximate surface area is 127 Å². The molecular formula is C15H14Cl2FNO. The molecule has 0 amide bonds. The van der Waals surface area contributed by atoms with Crippen molar-refractivity contribution in [1.82, 2.24) is 0 Å². The minimum atomic E-state index is -0.423. The van der Waals surface area contributed by atoms with Gasteiger partial charge in [-0.05, 0) is 42.8 Å².